The standard InChI is InChI=1S/C11H12Cl2O3/c1-7(2-5-11(14)15)16-8-3-4-9(12)10(13)6-8/h3-4,6-7H,2,5H2,1H3,(H,14,15). The summed E-state index contributed by atoms with van der Waals surface area (Å²) in [7, 11) is 0. The van der Waals surface area contributed by atoms with Crippen LogP contribution in [0.2, 0.25) is 10.0 Å². The molecular formula is C11H12Cl2O3. The number of hydrogen-bond donors (Lipinski definition) is 1. The van der Waals surface area contributed by atoms with E-state index in [9.17, 15) is 4.79 Å². The maximum Gasteiger partial charge on any atom is 0.303 e. The van der Waals surface area contributed by atoms with E-state index in [1.807, 2.05) is 6.92 Å². The molecule has 3 nitrogen and oxygen atoms in total. The Bertz CT molecular complexity index is 379. The Hall–Kier alpha value is -0.930. The average molecular weight is 263 g/mol. The van der Waals surface area contributed by atoms with Gasteiger partial charge in [0.05, 0.1) is 16.1 Å². The highest BCUT2D eigenvalue weighted by Gasteiger charge is 2.08. The molecule has 0 aliphatic heterocycles. The van der Waals surface area contributed by atoms with Gasteiger partial charge >= 0.3 is 5.97 Å². The van der Waals surface area contributed by atoms with E-state index in [0.29, 0.717) is 22.2 Å². The molecule has 1 rings (SSSR count). The zero-order valence-electron chi connectivity index (χ0n) is 8.74. The van der Waals surface area contributed by atoms with Gasteiger partial charge in [-0.15, -0.1) is 0 Å². The van der Waals surface area contributed by atoms with Crippen LogP contribution in [0.4, 0.5) is 0 Å². The van der Waals surface area contributed by atoms with Gasteiger partial charge in [-0.1, -0.05) is 23.2 Å². The largest absolute Gasteiger partial charge is 0.491 e. The SMILES string of the molecule is CC(CCC(=O)O)Oc1ccc(Cl)c(Cl)c1. The Morgan fingerprint density at radius 2 is 2.12 bits per heavy atom. The minimum absolute atomic E-state index is 0.0858. The summed E-state index contributed by atoms with van der Waals surface area (Å²) in [5.74, 6) is -0.239. The third kappa shape index (κ3) is 4.29. The summed E-state index contributed by atoms with van der Waals surface area (Å²) in [6.07, 6.45) is 0.367. The molecule has 0 saturated carbocycles. The summed E-state index contributed by atoms with van der Waals surface area (Å²) in [6.45, 7) is 1.81. The van der Waals surface area contributed by atoms with Gasteiger partial charge in [-0.05, 0) is 25.5 Å². The van der Waals surface area contributed by atoms with E-state index < -0.39 is 5.97 Å². The Kier molecular flexibility index (Phi) is 4.90. The van der Waals surface area contributed by atoms with Crippen molar-refractivity contribution in [3.05, 3.63) is 28.2 Å². The quantitative estimate of drug-likeness (QED) is 0.882. The Balaban J connectivity index is 2.52. The Morgan fingerprint density at radius 1 is 1.44 bits per heavy atom. The first-order valence-corrected chi connectivity index (χ1v) is 5.58. The molecule has 0 aromatic heterocycles. The highest BCUT2D eigenvalue weighted by molar-refractivity contribution is 6.42. The predicted molar refractivity (Wildman–Crippen MR) is 63.4 cm³/mol. The molecule has 0 heterocycles. The maximum atomic E-state index is 10.4. The third-order valence-electron chi connectivity index (χ3n) is 1.99. The topological polar surface area (TPSA) is 46.5 Å². The van der Waals surface area contributed by atoms with Crippen LogP contribution in [0.25, 0.3) is 0 Å². The third-order valence-corrected chi connectivity index (χ3v) is 2.73. The number of carbonyl (C=O) groups is 1. The lowest BCUT2D eigenvalue weighted by Gasteiger charge is -2.14. The molecule has 0 radical (unpaired) electrons. The lowest BCUT2D eigenvalue weighted by Crippen LogP contribution is -2.13. The number of ether oxygens (including phenoxy) is 1. The predicted octanol–water partition coefficient (Wildman–Crippen LogP) is 3.63. The molecule has 0 aliphatic rings. The van der Waals surface area contributed by atoms with Gasteiger partial charge in [0.25, 0.3) is 0 Å². The van der Waals surface area contributed by atoms with Crippen LogP contribution in [0.3, 0.4) is 0 Å². The van der Waals surface area contributed by atoms with Gasteiger partial charge in [0, 0.05) is 12.5 Å². The van der Waals surface area contributed by atoms with E-state index in [1.165, 1.54) is 0 Å². The molecule has 0 bridgehead atoms. The van der Waals surface area contributed by atoms with Crippen LogP contribution in [0, 0.1) is 0 Å². The van der Waals surface area contributed by atoms with Crippen molar-refractivity contribution in [2.75, 3.05) is 0 Å². The molecule has 1 unspecified atom stereocenters. The van der Waals surface area contributed by atoms with Crippen LogP contribution in [0.5, 0.6) is 5.75 Å². The van der Waals surface area contributed by atoms with Gasteiger partial charge in [0.15, 0.2) is 0 Å². The summed E-state index contributed by atoms with van der Waals surface area (Å²) >= 11 is 11.6. The van der Waals surface area contributed by atoms with Gasteiger partial charge in [-0.2, -0.15) is 0 Å². The first kappa shape index (κ1) is 13.1. The normalized spacial score (nSPS) is 12.2. The number of aliphatic carboxylic acids is 1. The van der Waals surface area contributed by atoms with Crippen LogP contribution in [0.15, 0.2) is 18.2 Å². The van der Waals surface area contributed by atoms with E-state index in [1.54, 1.807) is 18.2 Å². The number of rotatable bonds is 5. The van der Waals surface area contributed by atoms with Crippen LogP contribution >= 0.6 is 23.2 Å². The average Bonchev–Trinajstić information content (AvgIpc) is 2.21. The van der Waals surface area contributed by atoms with Crippen LogP contribution < -0.4 is 4.74 Å². The van der Waals surface area contributed by atoms with Crippen molar-refractivity contribution in [3.8, 4) is 5.75 Å². The molecule has 1 aromatic carbocycles. The van der Waals surface area contributed by atoms with E-state index in [2.05, 4.69) is 0 Å². The van der Waals surface area contributed by atoms with Crippen LogP contribution in [0.1, 0.15) is 19.8 Å². The van der Waals surface area contributed by atoms with Gasteiger partial charge < -0.3 is 9.84 Å². The lowest BCUT2D eigenvalue weighted by atomic mass is 10.2. The van der Waals surface area contributed by atoms with Crippen LogP contribution in [-0.4, -0.2) is 17.2 Å². The van der Waals surface area contributed by atoms with Crippen molar-refractivity contribution in [1.29, 1.82) is 0 Å². The summed E-state index contributed by atoms with van der Waals surface area (Å²) in [5, 5.41) is 9.40. The highest BCUT2D eigenvalue weighted by Crippen LogP contribution is 2.27. The smallest absolute Gasteiger partial charge is 0.303 e. The molecule has 1 aromatic rings. The highest BCUT2D eigenvalue weighted by atomic mass is 35.5. The Labute approximate surface area is 104 Å². The van der Waals surface area contributed by atoms with Crippen molar-refractivity contribution >= 4 is 29.2 Å². The minimum atomic E-state index is -0.829. The fourth-order valence-electron chi connectivity index (χ4n) is 1.17. The molecule has 0 amide bonds. The molecule has 0 fully saturated rings. The molecule has 1 N–H and O–H groups in total. The summed E-state index contributed by atoms with van der Waals surface area (Å²) < 4.78 is 5.49. The molecule has 0 saturated heterocycles. The molecule has 88 valence electrons. The maximum absolute atomic E-state index is 10.4. The number of carboxylic acid groups (broad SMARTS) is 1. The molecule has 0 aliphatic carbocycles. The molecule has 0 spiro atoms. The second kappa shape index (κ2) is 5.97. The van der Waals surface area contributed by atoms with Crippen molar-refractivity contribution in [2.24, 2.45) is 0 Å². The zero-order valence-corrected chi connectivity index (χ0v) is 10.3. The summed E-state index contributed by atoms with van der Waals surface area (Å²) in [4.78, 5) is 10.4. The van der Waals surface area contributed by atoms with E-state index in [4.69, 9.17) is 33.0 Å². The van der Waals surface area contributed by atoms with Gasteiger partial charge in [-0.25, -0.2) is 0 Å². The fourth-order valence-corrected chi connectivity index (χ4v) is 1.46. The van der Waals surface area contributed by atoms with Crippen molar-refractivity contribution in [3.63, 3.8) is 0 Å². The van der Waals surface area contributed by atoms with E-state index in [0.717, 1.165) is 0 Å². The minimum Gasteiger partial charge on any atom is -0.491 e. The van der Waals surface area contributed by atoms with E-state index >= 15 is 0 Å². The number of benzene rings is 1. The fraction of sp³-hybridized carbons (Fsp3) is 0.364. The molecule has 5 heteroatoms. The van der Waals surface area contributed by atoms with Crippen molar-refractivity contribution in [1.82, 2.24) is 0 Å². The van der Waals surface area contributed by atoms with Gasteiger partial charge in [-0.3, -0.25) is 4.79 Å². The summed E-state index contributed by atoms with van der Waals surface area (Å²) in [5.41, 5.74) is 0. The number of carboxylic acids is 1. The van der Waals surface area contributed by atoms with Gasteiger partial charge in [0.1, 0.15) is 5.75 Å². The second-order valence-electron chi connectivity index (χ2n) is 3.44. The first-order valence-electron chi connectivity index (χ1n) is 4.82. The lowest BCUT2D eigenvalue weighted by molar-refractivity contribution is -0.137. The number of halogens is 2. The monoisotopic (exact) mass is 262 g/mol. The molecule has 1 atom stereocenters. The summed E-state index contributed by atoms with van der Waals surface area (Å²) in [6, 6.07) is 4.95. The van der Waals surface area contributed by atoms with Crippen molar-refractivity contribution < 1.29 is 14.6 Å². The van der Waals surface area contributed by atoms with E-state index in [-0.39, 0.29) is 12.5 Å². The van der Waals surface area contributed by atoms with Crippen molar-refractivity contribution in [2.45, 2.75) is 25.9 Å². The first-order chi connectivity index (χ1) is 7.49. The molecule has 16 heavy (non-hydrogen) atoms. The number of hydrogen-bond acceptors (Lipinski definition) is 2. The Morgan fingerprint density at radius 3 is 2.69 bits per heavy atom. The second-order valence-corrected chi connectivity index (χ2v) is 4.25. The molecular weight excluding hydrogens is 251 g/mol. The zero-order chi connectivity index (χ0) is 12.1. The van der Waals surface area contributed by atoms with Gasteiger partial charge in [0.2, 0.25) is 0 Å². The van der Waals surface area contributed by atoms with Crippen LogP contribution in [-0.2, 0) is 4.79 Å².